The van der Waals surface area contributed by atoms with Crippen LogP contribution in [-0.2, 0) is 14.9 Å². The molecular weight excluding hydrogens is 525 g/mol. The van der Waals surface area contributed by atoms with Crippen molar-refractivity contribution in [3.63, 3.8) is 0 Å². The zero-order valence-corrected chi connectivity index (χ0v) is 22.7. The summed E-state index contributed by atoms with van der Waals surface area (Å²) < 4.78 is 12.4. The van der Waals surface area contributed by atoms with Crippen LogP contribution in [0.5, 0.6) is 0 Å². The molecule has 0 spiro atoms. The number of carbonyl (C=O) groups excluding carboxylic acids is 1. The van der Waals surface area contributed by atoms with E-state index in [2.05, 4.69) is 21.5 Å². The van der Waals surface area contributed by atoms with E-state index in [9.17, 15) is 14.7 Å². The van der Waals surface area contributed by atoms with E-state index in [-0.39, 0.29) is 6.10 Å². The number of hydrogen-bond donors (Lipinski definition) is 2. The lowest BCUT2D eigenvalue weighted by Crippen LogP contribution is -2.17. The van der Waals surface area contributed by atoms with Crippen LogP contribution in [0.3, 0.4) is 0 Å². The Morgan fingerprint density at radius 3 is 2.59 bits per heavy atom. The maximum Gasteiger partial charge on any atom is 0.412 e. The van der Waals surface area contributed by atoms with Crippen molar-refractivity contribution >= 4 is 61.4 Å². The number of amides is 1. The first-order chi connectivity index (χ1) is 17.8. The fraction of sp³-hybridized carbons (Fsp3) is 0.321. The van der Waals surface area contributed by atoms with Gasteiger partial charge in [0.25, 0.3) is 0 Å². The fourth-order valence-corrected chi connectivity index (χ4v) is 7.75. The van der Waals surface area contributed by atoms with Crippen molar-refractivity contribution in [3.8, 4) is 11.8 Å². The Bertz CT molecular complexity index is 1560. The van der Waals surface area contributed by atoms with Crippen molar-refractivity contribution in [2.45, 2.75) is 57.0 Å². The van der Waals surface area contributed by atoms with Gasteiger partial charge >= 0.3 is 12.1 Å². The number of aryl methyl sites for hydroxylation is 1. The predicted molar refractivity (Wildman–Crippen MR) is 148 cm³/mol. The Morgan fingerprint density at radius 2 is 1.92 bits per heavy atom. The molecule has 0 aliphatic heterocycles. The maximum atomic E-state index is 12.8. The van der Waals surface area contributed by atoms with Crippen LogP contribution < -0.4 is 5.32 Å². The van der Waals surface area contributed by atoms with Crippen LogP contribution in [0.2, 0.25) is 0 Å². The smallest absolute Gasteiger partial charge is 0.412 e. The lowest BCUT2D eigenvalue weighted by atomic mass is 10.1. The number of nitrogens with one attached hydrogen (secondary N) is 1. The van der Waals surface area contributed by atoms with E-state index in [1.54, 1.807) is 22.7 Å². The maximum absolute atomic E-state index is 12.8. The molecule has 2 N–H and O–H groups in total. The molecule has 1 aromatic carbocycles. The molecule has 1 amide bonds. The second-order valence-electron chi connectivity index (χ2n) is 9.66. The minimum atomic E-state index is -0.732. The van der Waals surface area contributed by atoms with E-state index in [1.807, 2.05) is 50.2 Å². The molecule has 1 atom stereocenters. The average molecular weight is 549 g/mol. The van der Waals surface area contributed by atoms with Gasteiger partial charge in [-0.1, -0.05) is 24.3 Å². The van der Waals surface area contributed by atoms with Crippen molar-refractivity contribution in [1.82, 2.24) is 4.37 Å². The summed E-state index contributed by atoms with van der Waals surface area (Å²) in [7, 11) is 0. The van der Waals surface area contributed by atoms with Crippen LogP contribution in [0.15, 0.2) is 36.4 Å². The zero-order chi connectivity index (χ0) is 25.7. The molecule has 0 radical (unpaired) electrons. The van der Waals surface area contributed by atoms with Gasteiger partial charge in [-0.2, -0.15) is 4.37 Å². The van der Waals surface area contributed by atoms with Gasteiger partial charge in [-0.3, -0.25) is 10.1 Å². The fourth-order valence-electron chi connectivity index (χ4n) is 4.48. The molecule has 6 nitrogen and oxygen atoms in total. The number of aliphatic carboxylic acids is 1. The first-order valence-electron chi connectivity index (χ1n) is 12.2. The molecule has 37 heavy (non-hydrogen) atoms. The summed E-state index contributed by atoms with van der Waals surface area (Å²) in [4.78, 5) is 27.0. The van der Waals surface area contributed by atoms with Gasteiger partial charge in [-0.25, -0.2) is 4.79 Å². The normalized spacial score (nSPS) is 16.6. The minimum Gasteiger partial charge on any atom is -0.481 e. The summed E-state index contributed by atoms with van der Waals surface area (Å²) in [5, 5.41) is 12.5. The molecule has 3 aromatic heterocycles. The van der Waals surface area contributed by atoms with Gasteiger partial charge in [0.1, 0.15) is 16.4 Å². The Hall–Kier alpha value is -3.19. The van der Waals surface area contributed by atoms with Gasteiger partial charge < -0.3 is 9.84 Å². The van der Waals surface area contributed by atoms with E-state index in [4.69, 9.17) is 4.74 Å². The summed E-state index contributed by atoms with van der Waals surface area (Å²) in [6, 6.07) is 11.9. The monoisotopic (exact) mass is 548 g/mol. The number of fused-ring (bicyclic) bond motifs is 1. The number of nitrogens with zero attached hydrogens (tertiary/aromatic N) is 1. The Kier molecular flexibility index (Phi) is 6.06. The molecule has 0 saturated heterocycles. The molecule has 2 aliphatic carbocycles. The van der Waals surface area contributed by atoms with Gasteiger partial charge in [-0.15, -0.1) is 22.7 Å². The van der Waals surface area contributed by atoms with Gasteiger partial charge in [0, 0.05) is 20.2 Å². The standard InChI is InChI=1S/C28H24N2O4S3/c1-15-5-3-4-6-19(15)16(2)34-27(33)29-25-20(37-30-24(25)17-7-8-17)10-9-18-13-21-22(35-18)14-23(36-21)28(11-12-28)26(31)32/h3-6,13-14,16-17H,7-8,11-12H2,1-2H3,(H,29,33)(H,31,32). The molecule has 2 aliphatic rings. The van der Waals surface area contributed by atoms with Crippen LogP contribution in [0.4, 0.5) is 10.5 Å². The number of thiophene rings is 2. The summed E-state index contributed by atoms with van der Waals surface area (Å²) in [6.07, 6.45) is 2.63. The van der Waals surface area contributed by atoms with Crippen molar-refractivity contribution in [2.75, 3.05) is 5.32 Å². The topological polar surface area (TPSA) is 88.5 Å². The predicted octanol–water partition coefficient (Wildman–Crippen LogP) is 7.43. The van der Waals surface area contributed by atoms with E-state index in [1.165, 1.54) is 11.5 Å². The second-order valence-corrected chi connectivity index (χ2v) is 12.6. The molecule has 2 fully saturated rings. The number of ether oxygens (including phenoxy) is 1. The Labute approximate surface area is 226 Å². The highest BCUT2D eigenvalue weighted by atomic mass is 32.1. The molecule has 188 valence electrons. The van der Waals surface area contributed by atoms with E-state index < -0.39 is 17.5 Å². The first kappa shape index (κ1) is 24.2. The highest BCUT2D eigenvalue weighted by molar-refractivity contribution is 7.28. The number of benzene rings is 1. The highest BCUT2D eigenvalue weighted by Gasteiger charge is 2.53. The van der Waals surface area contributed by atoms with Gasteiger partial charge in [0.15, 0.2) is 0 Å². The van der Waals surface area contributed by atoms with Crippen LogP contribution in [0.25, 0.3) is 9.40 Å². The quantitative estimate of drug-likeness (QED) is 0.245. The largest absolute Gasteiger partial charge is 0.481 e. The summed E-state index contributed by atoms with van der Waals surface area (Å²) >= 11 is 4.41. The zero-order valence-electron chi connectivity index (χ0n) is 20.3. The van der Waals surface area contributed by atoms with Gasteiger partial charge in [0.2, 0.25) is 0 Å². The molecule has 4 aromatic rings. The Morgan fingerprint density at radius 1 is 1.16 bits per heavy atom. The third kappa shape index (κ3) is 4.65. The summed E-state index contributed by atoms with van der Waals surface area (Å²) in [5.74, 6) is 6.07. The number of rotatable bonds is 6. The molecule has 3 heterocycles. The molecule has 6 rings (SSSR count). The average Bonchev–Trinajstić information content (AvgIpc) is 3.75. The van der Waals surface area contributed by atoms with Crippen LogP contribution >= 0.6 is 34.2 Å². The third-order valence-electron chi connectivity index (χ3n) is 6.96. The number of carbonyl (C=O) groups is 2. The van der Waals surface area contributed by atoms with Crippen LogP contribution in [0.1, 0.15) is 76.1 Å². The van der Waals surface area contributed by atoms with Crippen molar-refractivity contribution in [3.05, 3.63) is 67.9 Å². The van der Waals surface area contributed by atoms with E-state index in [0.717, 1.165) is 48.8 Å². The van der Waals surface area contributed by atoms with Gasteiger partial charge in [-0.05, 0) is 86.2 Å². The van der Waals surface area contributed by atoms with Crippen LogP contribution in [0, 0.1) is 18.8 Å². The highest BCUT2D eigenvalue weighted by Crippen LogP contribution is 2.52. The number of anilines is 1. The summed E-state index contributed by atoms with van der Waals surface area (Å²) in [6.45, 7) is 3.87. The second kappa shape index (κ2) is 9.28. The lowest BCUT2D eigenvalue weighted by molar-refractivity contribution is -0.139. The van der Waals surface area contributed by atoms with Gasteiger partial charge in [0.05, 0.1) is 16.3 Å². The molecule has 2 saturated carbocycles. The number of carboxylic acid groups (broad SMARTS) is 1. The third-order valence-corrected chi connectivity index (χ3v) is 10.1. The number of hydrogen-bond acceptors (Lipinski definition) is 7. The molecule has 1 unspecified atom stereocenters. The van der Waals surface area contributed by atoms with Crippen molar-refractivity contribution in [1.29, 1.82) is 0 Å². The molecule has 0 bridgehead atoms. The minimum absolute atomic E-state index is 0.352. The van der Waals surface area contributed by atoms with Crippen molar-refractivity contribution < 1.29 is 19.4 Å². The first-order valence-corrected chi connectivity index (χ1v) is 14.6. The Balaban J connectivity index is 1.21. The molecular formula is C28H24N2O4S3. The SMILES string of the molecule is Cc1ccccc1C(C)OC(=O)Nc1c(C2CC2)nsc1C#Cc1cc2sc(C3(C(=O)O)CC3)cc2s1. The molecule has 9 heteroatoms. The summed E-state index contributed by atoms with van der Waals surface area (Å²) in [5.41, 5.74) is 2.90. The van der Waals surface area contributed by atoms with Crippen molar-refractivity contribution in [2.24, 2.45) is 0 Å². The van der Waals surface area contributed by atoms with Crippen LogP contribution in [-0.4, -0.2) is 21.5 Å². The number of carboxylic acids is 1. The van der Waals surface area contributed by atoms with E-state index in [0.29, 0.717) is 29.3 Å². The van der Waals surface area contributed by atoms with E-state index >= 15 is 0 Å². The number of aromatic nitrogens is 1. The lowest BCUT2D eigenvalue weighted by Gasteiger charge is -2.16.